The summed E-state index contributed by atoms with van der Waals surface area (Å²) < 4.78 is 6.13. The number of likely N-dealkylation sites (tertiary alicyclic amines) is 1. The van der Waals surface area contributed by atoms with E-state index in [1.807, 2.05) is 12.4 Å². The zero-order valence-electron chi connectivity index (χ0n) is 15.8. The topological polar surface area (TPSA) is 26.6 Å². The number of hydrogen-bond acceptors (Lipinski definition) is 2. The number of nitrogens with zero attached hydrogens (tertiary/aromatic N) is 1. The molecule has 2 heterocycles. The number of aryl methyl sites for hydroxylation is 1. The van der Waals surface area contributed by atoms with Crippen molar-refractivity contribution in [3.05, 3.63) is 59.4 Å². The molecule has 1 N–H and O–H groups in total. The van der Waals surface area contributed by atoms with Gasteiger partial charge in [0.05, 0.1) is 6.54 Å². The van der Waals surface area contributed by atoms with Crippen molar-refractivity contribution in [3.63, 3.8) is 0 Å². The highest BCUT2D eigenvalue weighted by molar-refractivity contribution is 5.35. The minimum Gasteiger partial charge on any atom is -0.488 e. The maximum Gasteiger partial charge on any atom is 0.137 e. The van der Waals surface area contributed by atoms with Crippen LogP contribution < -0.4 is 9.64 Å². The van der Waals surface area contributed by atoms with Crippen molar-refractivity contribution in [2.45, 2.75) is 52.0 Å². The standard InChI is InChI=1S/C22H30N2O/c1-17(2)20-13-18(3)14-21(15-20)25-12-11-24-10-5-4-8-22(24)19-7-6-9-23-16-19/h6-7,9,13-17,22H,4-5,8,10-12H2,1-3H3/p+1/t22-/m0/s1. The molecule has 0 saturated carbocycles. The summed E-state index contributed by atoms with van der Waals surface area (Å²) >= 11 is 0. The molecule has 2 aromatic rings. The van der Waals surface area contributed by atoms with E-state index in [-0.39, 0.29) is 0 Å². The highest BCUT2D eigenvalue weighted by Crippen LogP contribution is 2.23. The van der Waals surface area contributed by atoms with Gasteiger partial charge in [0, 0.05) is 24.4 Å². The van der Waals surface area contributed by atoms with Crippen molar-refractivity contribution in [2.75, 3.05) is 19.7 Å². The van der Waals surface area contributed by atoms with Gasteiger partial charge >= 0.3 is 0 Å². The van der Waals surface area contributed by atoms with Crippen molar-refractivity contribution >= 4 is 0 Å². The quantitative estimate of drug-likeness (QED) is 0.868. The van der Waals surface area contributed by atoms with Crippen LogP contribution in [0.25, 0.3) is 0 Å². The third-order valence-electron chi connectivity index (χ3n) is 5.25. The third kappa shape index (κ3) is 4.82. The molecule has 134 valence electrons. The number of pyridine rings is 1. The molecule has 1 aromatic heterocycles. The number of aromatic nitrogens is 1. The third-order valence-corrected chi connectivity index (χ3v) is 5.25. The smallest absolute Gasteiger partial charge is 0.137 e. The first-order valence-corrected chi connectivity index (χ1v) is 9.62. The molecule has 1 aromatic carbocycles. The van der Waals surface area contributed by atoms with Crippen LogP contribution in [0.4, 0.5) is 0 Å². The molecule has 0 radical (unpaired) electrons. The van der Waals surface area contributed by atoms with E-state index in [2.05, 4.69) is 56.1 Å². The fraction of sp³-hybridized carbons (Fsp3) is 0.500. The number of ether oxygens (including phenoxy) is 1. The number of quaternary nitrogens is 1. The highest BCUT2D eigenvalue weighted by Gasteiger charge is 2.27. The Labute approximate surface area is 152 Å². The lowest BCUT2D eigenvalue weighted by molar-refractivity contribution is -0.937. The molecule has 3 rings (SSSR count). The van der Waals surface area contributed by atoms with Gasteiger partial charge in [0.15, 0.2) is 0 Å². The number of hydrogen-bond donors (Lipinski definition) is 1. The Bertz CT molecular complexity index is 669. The van der Waals surface area contributed by atoms with Gasteiger partial charge in [-0.1, -0.05) is 26.0 Å². The molecule has 3 nitrogen and oxygen atoms in total. The van der Waals surface area contributed by atoms with E-state index in [9.17, 15) is 0 Å². The monoisotopic (exact) mass is 339 g/mol. The fourth-order valence-electron chi connectivity index (χ4n) is 3.86. The summed E-state index contributed by atoms with van der Waals surface area (Å²) in [5, 5.41) is 0. The Hall–Kier alpha value is -1.87. The van der Waals surface area contributed by atoms with Gasteiger partial charge in [0.2, 0.25) is 0 Å². The Morgan fingerprint density at radius 1 is 1.24 bits per heavy atom. The summed E-state index contributed by atoms with van der Waals surface area (Å²) in [5.41, 5.74) is 4.00. The lowest BCUT2D eigenvalue weighted by atomic mass is 9.96. The summed E-state index contributed by atoms with van der Waals surface area (Å²) in [5.74, 6) is 1.54. The Kier molecular flexibility index (Phi) is 6.09. The van der Waals surface area contributed by atoms with E-state index in [1.165, 1.54) is 42.5 Å². The molecular weight excluding hydrogens is 308 g/mol. The van der Waals surface area contributed by atoms with Crippen LogP contribution in [-0.2, 0) is 0 Å². The first-order chi connectivity index (χ1) is 12.1. The molecule has 2 atom stereocenters. The predicted octanol–water partition coefficient (Wildman–Crippen LogP) is 3.70. The molecule has 1 aliphatic rings. The van der Waals surface area contributed by atoms with E-state index in [0.29, 0.717) is 12.0 Å². The number of piperidine rings is 1. The van der Waals surface area contributed by atoms with E-state index in [0.717, 1.165) is 18.9 Å². The van der Waals surface area contributed by atoms with Crippen LogP contribution in [0.5, 0.6) is 5.75 Å². The van der Waals surface area contributed by atoms with Crippen LogP contribution in [-0.4, -0.2) is 24.7 Å². The second kappa shape index (κ2) is 8.48. The average Bonchev–Trinajstić information content (AvgIpc) is 2.62. The van der Waals surface area contributed by atoms with Crippen LogP contribution in [0.1, 0.15) is 61.8 Å². The molecule has 1 aliphatic heterocycles. The number of benzene rings is 1. The normalized spacial score (nSPS) is 20.6. The maximum absolute atomic E-state index is 6.13. The van der Waals surface area contributed by atoms with E-state index in [4.69, 9.17) is 4.74 Å². The lowest BCUT2D eigenvalue weighted by Gasteiger charge is -2.32. The molecule has 1 unspecified atom stereocenters. The van der Waals surface area contributed by atoms with Crippen LogP contribution in [0.3, 0.4) is 0 Å². The van der Waals surface area contributed by atoms with E-state index >= 15 is 0 Å². The largest absolute Gasteiger partial charge is 0.488 e. The molecule has 0 amide bonds. The second-order valence-electron chi connectivity index (χ2n) is 7.58. The van der Waals surface area contributed by atoms with E-state index in [1.54, 1.807) is 4.90 Å². The average molecular weight is 340 g/mol. The van der Waals surface area contributed by atoms with Crippen LogP contribution in [0.15, 0.2) is 42.7 Å². The van der Waals surface area contributed by atoms with Crippen molar-refractivity contribution in [1.29, 1.82) is 0 Å². The molecular formula is C22H31N2O+. The highest BCUT2D eigenvalue weighted by atomic mass is 16.5. The minimum atomic E-state index is 0.532. The zero-order valence-corrected chi connectivity index (χ0v) is 15.8. The first-order valence-electron chi connectivity index (χ1n) is 9.62. The van der Waals surface area contributed by atoms with Gasteiger partial charge in [0.25, 0.3) is 0 Å². The molecule has 0 bridgehead atoms. The SMILES string of the molecule is Cc1cc(OCC[NH+]2CCCC[C@H]2c2cccnc2)cc(C(C)C)c1. The van der Waals surface area contributed by atoms with Gasteiger partial charge in [-0.3, -0.25) is 4.98 Å². The van der Waals surface area contributed by atoms with Gasteiger partial charge < -0.3 is 9.64 Å². The van der Waals surface area contributed by atoms with Gasteiger partial charge in [-0.15, -0.1) is 0 Å². The van der Waals surface area contributed by atoms with Crippen LogP contribution >= 0.6 is 0 Å². The summed E-state index contributed by atoms with van der Waals surface area (Å²) in [6, 6.07) is 11.4. The fourth-order valence-corrected chi connectivity index (χ4v) is 3.86. The van der Waals surface area contributed by atoms with Gasteiger partial charge in [-0.25, -0.2) is 0 Å². The molecule has 25 heavy (non-hydrogen) atoms. The molecule has 0 aliphatic carbocycles. The Morgan fingerprint density at radius 2 is 2.12 bits per heavy atom. The van der Waals surface area contributed by atoms with Crippen LogP contribution in [0, 0.1) is 6.92 Å². The van der Waals surface area contributed by atoms with E-state index < -0.39 is 0 Å². The Morgan fingerprint density at radius 3 is 2.88 bits per heavy atom. The predicted molar refractivity (Wildman–Crippen MR) is 102 cm³/mol. The lowest BCUT2D eigenvalue weighted by Crippen LogP contribution is -3.13. The van der Waals surface area contributed by atoms with Gasteiger partial charge in [-0.05, 0) is 55.0 Å². The molecule has 1 saturated heterocycles. The molecule has 0 spiro atoms. The molecule has 1 fully saturated rings. The number of rotatable bonds is 6. The zero-order chi connectivity index (χ0) is 17.6. The second-order valence-corrected chi connectivity index (χ2v) is 7.58. The Balaban J connectivity index is 1.60. The van der Waals surface area contributed by atoms with Gasteiger partial charge in [0.1, 0.15) is 24.9 Å². The van der Waals surface area contributed by atoms with Crippen molar-refractivity contribution in [3.8, 4) is 5.75 Å². The van der Waals surface area contributed by atoms with Crippen molar-refractivity contribution in [1.82, 2.24) is 4.98 Å². The summed E-state index contributed by atoms with van der Waals surface area (Å²) in [6.45, 7) is 9.66. The number of nitrogens with one attached hydrogen (secondary N) is 1. The van der Waals surface area contributed by atoms with Crippen molar-refractivity contribution < 1.29 is 9.64 Å². The molecule has 3 heteroatoms. The van der Waals surface area contributed by atoms with Crippen LogP contribution in [0.2, 0.25) is 0 Å². The summed E-state index contributed by atoms with van der Waals surface area (Å²) in [6.07, 6.45) is 7.78. The summed E-state index contributed by atoms with van der Waals surface area (Å²) in [4.78, 5) is 5.95. The maximum atomic E-state index is 6.13. The summed E-state index contributed by atoms with van der Waals surface area (Å²) in [7, 11) is 0. The van der Waals surface area contributed by atoms with Gasteiger partial charge in [-0.2, -0.15) is 0 Å². The minimum absolute atomic E-state index is 0.532. The first kappa shape index (κ1) is 17.9. The van der Waals surface area contributed by atoms with Crippen molar-refractivity contribution in [2.24, 2.45) is 0 Å².